The largest absolute Gasteiger partial charge is 0.339 e. The third kappa shape index (κ3) is 2.62. The number of anilines is 2. The van der Waals surface area contributed by atoms with Crippen LogP contribution in [0.5, 0.6) is 0 Å². The second-order valence-electron chi connectivity index (χ2n) is 6.38. The van der Waals surface area contributed by atoms with Gasteiger partial charge in [-0.05, 0) is 62.2 Å². The summed E-state index contributed by atoms with van der Waals surface area (Å²) in [6, 6.07) is 14.5. The predicted molar refractivity (Wildman–Crippen MR) is 103 cm³/mol. The van der Waals surface area contributed by atoms with Gasteiger partial charge in [0.15, 0.2) is 5.65 Å². The van der Waals surface area contributed by atoms with Crippen LogP contribution in [0.4, 0.5) is 15.9 Å². The van der Waals surface area contributed by atoms with Gasteiger partial charge >= 0.3 is 0 Å². The number of rotatable bonds is 3. The molecule has 0 aliphatic carbocycles. The smallest absolute Gasteiger partial charge is 0.150 e. The number of hydrogen-bond acceptors (Lipinski definition) is 3. The van der Waals surface area contributed by atoms with Gasteiger partial charge in [-0.15, -0.1) is 0 Å². The Labute approximate surface area is 151 Å². The molecule has 0 fully saturated rings. The van der Waals surface area contributed by atoms with E-state index in [2.05, 4.69) is 35.2 Å². The van der Waals surface area contributed by atoms with Gasteiger partial charge in [0.05, 0.1) is 5.39 Å². The molecular formula is C21H19FN4. The molecule has 4 aromatic rings. The molecule has 2 aromatic heterocycles. The van der Waals surface area contributed by atoms with Crippen LogP contribution in [0.25, 0.3) is 16.7 Å². The van der Waals surface area contributed by atoms with Crippen LogP contribution in [-0.4, -0.2) is 14.5 Å². The molecule has 0 saturated heterocycles. The molecular weight excluding hydrogens is 327 g/mol. The Morgan fingerprint density at radius 2 is 1.65 bits per heavy atom. The van der Waals surface area contributed by atoms with Crippen LogP contribution in [0, 0.1) is 26.6 Å². The van der Waals surface area contributed by atoms with Crippen molar-refractivity contribution in [1.82, 2.24) is 14.5 Å². The summed E-state index contributed by atoms with van der Waals surface area (Å²) in [5.74, 6) is 0.516. The minimum Gasteiger partial charge on any atom is -0.339 e. The second-order valence-corrected chi connectivity index (χ2v) is 6.38. The summed E-state index contributed by atoms with van der Waals surface area (Å²) in [5.41, 5.74) is 5.99. The molecule has 0 atom stereocenters. The molecule has 4 nitrogen and oxygen atoms in total. The number of nitrogens with zero attached hydrogens (tertiary/aromatic N) is 3. The molecule has 2 aromatic carbocycles. The number of para-hydroxylation sites is 1. The molecule has 0 bridgehead atoms. The van der Waals surface area contributed by atoms with Gasteiger partial charge in [0.25, 0.3) is 0 Å². The molecule has 26 heavy (non-hydrogen) atoms. The van der Waals surface area contributed by atoms with Crippen molar-refractivity contribution in [2.45, 2.75) is 20.8 Å². The van der Waals surface area contributed by atoms with Gasteiger partial charge in [0.1, 0.15) is 18.0 Å². The zero-order valence-corrected chi connectivity index (χ0v) is 14.9. The fourth-order valence-electron chi connectivity index (χ4n) is 3.24. The van der Waals surface area contributed by atoms with Crippen molar-refractivity contribution in [3.63, 3.8) is 0 Å². The average molecular weight is 346 g/mol. The first-order chi connectivity index (χ1) is 12.6. The Morgan fingerprint density at radius 3 is 2.38 bits per heavy atom. The number of benzene rings is 2. The average Bonchev–Trinajstić information content (AvgIpc) is 2.90. The topological polar surface area (TPSA) is 42.7 Å². The van der Waals surface area contributed by atoms with Crippen LogP contribution in [0.15, 0.2) is 54.9 Å². The van der Waals surface area contributed by atoms with Crippen molar-refractivity contribution >= 4 is 22.5 Å². The lowest BCUT2D eigenvalue weighted by Gasteiger charge is -2.10. The van der Waals surface area contributed by atoms with E-state index in [1.165, 1.54) is 12.1 Å². The molecule has 1 N–H and O–H groups in total. The molecule has 0 saturated carbocycles. The van der Waals surface area contributed by atoms with E-state index < -0.39 is 0 Å². The first-order valence-corrected chi connectivity index (χ1v) is 8.47. The van der Waals surface area contributed by atoms with E-state index in [0.717, 1.165) is 45.0 Å². The summed E-state index contributed by atoms with van der Waals surface area (Å²) < 4.78 is 15.4. The minimum atomic E-state index is -0.254. The van der Waals surface area contributed by atoms with E-state index in [1.54, 1.807) is 18.5 Å². The van der Waals surface area contributed by atoms with E-state index in [9.17, 15) is 4.39 Å². The zero-order chi connectivity index (χ0) is 18.3. The number of aromatic nitrogens is 3. The maximum Gasteiger partial charge on any atom is 0.150 e. The van der Waals surface area contributed by atoms with Crippen LogP contribution in [-0.2, 0) is 0 Å². The fourth-order valence-corrected chi connectivity index (χ4v) is 3.24. The van der Waals surface area contributed by atoms with Gasteiger partial charge in [0.2, 0.25) is 0 Å². The fraction of sp³-hybridized carbons (Fsp3) is 0.143. The molecule has 0 amide bonds. The molecule has 4 rings (SSSR count). The van der Waals surface area contributed by atoms with Crippen molar-refractivity contribution in [3.05, 3.63) is 77.5 Å². The Morgan fingerprint density at radius 1 is 0.923 bits per heavy atom. The molecule has 0 aliphatic heterocycles. The van der Waals surface area contributed by atoms with E-state index in [-0.39, 0.29) is 5.82 Å². The van der Waals surface area contributed by atoms with E-state index in [4.69, 9.17) is 0 Å². The van der Waals surface area contributed by atoms with Crippen molar-refractivity contribution in [2.75, 3.05) is 5.32 Å². The maximum atomic E-state index is 13.3. The summed E-state index contributed by atoms with van der Waals surface area (Å²) in [4.78, 5) is 8.98. The lowest BCUT2D eigenvalue weighted by Crippen LogP contribution is -2.00. The van der Waals surface area contributed by atoms with Crippen molar-refractivity contribution in [3.8, 4) is 5.69 Å². The quantitative estimate of drug-likeness (QED) is 0.552. The van der Waals surface area contributed by atoms with Gasteiger partial charge in [-0.2, -0.15) is 0 Å². The highest BCUT2D eigenvalue weighted by molar-refractivity contribution is 5.94. The van der Waals surface area contributed by atoms with Crippen LogP contribution in [0.2, 0.25) is 0 Å². The van der Waals surface area contributed by atoms with Gasteiger partial charge < -0.3 is 5.32 Å². The Bertz CT molecular complexity index is 1100. The Kier molecular flexibility index (Phi) is 3.92. The summed E-state index contributed by atoms with van der Waals surface area (Å²) in [6.07, 6.45) is 1.56. The molecule has 5 heteroatoms. The van der Waals surface area contributed by atoms with Gasteiger partial charge in [0, 0.05) is 17.1 Å². The number of hydrogen-bond donors (Lipinski definition) is 1. The molecule has 0 radical (unpaired) electrons. The third-order valence-corrected chi connectivity index (χ3v) is 4.78. The van der Waals surface area contributed by atoms with Crippen LogP contribution < -0.4 is 5.32 Å². The Hall–Kier alpha value is -3.21. The molecule has 0 unspecified atom stereocenters. The first-order valence-electron chi connectivity index (χ1n) is 8.47. The van der Waals surface area contributed by atoms with Gasteiger partial charge in [-0.3, -0.25) is 4.57 Å². The summed E-state index contributed by atoms with van der Waals surface area (Å²) in [5, 5.41) is 4.40. The zero-order valence-electron chi connectivity index (χ0n) is 14.9. The van der Waals surface area contributed by atoms with E-state index in [0.29, 0.717) is 0 Å². The molecule has 2 heterocycles. The maximum absolute atomic E-state index is 13.3. The third-order valence-electron chi connectivity index (χ3n) is 4.78. The van der Waals surface area contributed by atoms with Crippen molar-refractivity contribution in [2.24, 2.45) is 0 Å². The summed E-state index contributed by atoms with van der Waals surface area (Å²) in [7, 11) is 0. The lowest BCUT2D eigenvalue weighted by atomic mass is 10.2. The van der Waals surface area contributed by atoms with Crippen LogP contribution in [0.1, 0.15) is 16.8 Å². The standard InChI is InChI=1S/C21H19FN4/c1-13-6-4-5-7-18(13)25-20-19-14(2)15(3)26(21(19)24-12-23-20)17-10-8-16(22)9-11-17/h4-12H,1-3H3,(H,23,24,25). The number of fused-ring (bicyclic) bond motifs is 1. The normalized spacial score (nSPS) is 11.1. The highest BCUT2D eigenvalue weighted by atomic mass is 19.1. The summed E-state index contributed by atoms with van der Waals surface area (Å²) >= 11 is 0. The number of halogens is 1. The Balaban J connectivity index is 1.91. The minimum absolute atomic E-state index is 0.254. The van der Waals surface area contributed by atoms with Crippen molar-refractivity contribution < 1.29 is 4.39 Å². The number of nitrogens with one attached hydrogen (secondary N) is 1. The summed E-state index contributed by atoms with van der Waals surface area (Å²) in [6.45, 7) is 6.16. The number of aryl methyl sites for hydroxylation is 2. The predicted octanol–water partition coefficient (Wildman–Crippen LogP) is 5.23. The van der Waals surface area contributed by atoms with Crippen molar-refractivity contribution in [1.29, 1.82) is 0 Å². The van der Waals surface area contributed by atoms with E-state index in [1.807, 2.05) is 29.7 Å². The SMILES string of the molecule is Cc1ccccc1Nc1ncnc2c1c(C)c(C)n2-c1ccc(F)cc1. The highest BCUT2D eigenvalue weighted by Gasteiger charge is 2.18. The lowest BCUT2D eigenvalue weighted by molar-refractivity contribution is 0.627. The van der Waals surface area contributed by atoms with Crippen LogP contribution >= 0.6 is 0 Å². The highest BCUT2D eigenvalue weighted by Crippen LogP contribution is 2.33. The van der Waals surface area contributed by atoms with Gasteiger partial charge in [-0.25, -0.2) is 14.4 Å². The molecule has 0 spiro atoms. The monoisotopic (exact) mass is 346 g/mol. The van der Waals surface area contributed by atoms with Gasteiger partial charge in [-0.1, -0.05) is 18.2 Å². The molecule has 130 valence electrons. The van der Waals surface area contributed by atoms with E-state index >= 15 is 0 Å². The first kappa shape index (κ1) is 16.3. The molecule has 0 aliphatic rings. The second kappa shape index (κ2) is 6.26. The van der Waals surface area contributed by atoms with Crippen LogP contribution in [0.3, 0.4) is 0 Å².